The zero-order valence-electron chi connectivity index (χ0n) is 10.8. The van der Waals surface area contributed by atoms with Crippen LogP contribution in [0.4, 0.5) is 5.82 Å². The van der Waals surface area contributed by atoms with E-state index in [-0.39, 0.29) is 5.91 Å². The van der Waals surface area contributed by atoms with E-state index in [4.69, 9.17) is 5.73 Å². The Morgan fingerprint density at radius 3 is 3.05 bits per heavy atom. The van der Waals surface area contributed by atoms with Crippen molar-refractivity contribution in [2.45, 2.75) is 26.3 Å². The van der Waals surface area contributed by atoms with Crippen LogP contribution in [0.25, 0.3) is 0 Å². The Morgan fingerprint density at radius 1 is 1.47 bits per heavy atom. The number of nitrogens with zero attached hydrogens (tertiary/aromatic N) is 2. The number of amides is 1. The van der Waals surface area contributed by atoms with E-state index in [1.165, 1.54) is 0 Å². The molecule has 0 aliphatic heterocycles. The summed E-state index contributed by atoms with van der Waals surface area (Å²) < 4.78 is 0. The highest BCUT2D eigenvalue weighted by Gasteiger charge is 2.09. The van der Waals surface area contributed by atoms with Gasteiger partial charge < -0.3 is 11.1 Å². The van der Waals surface area contributed by atoms with Crippen molar-refractivity contribution in [1.29, 1.82) is 0 Å². The van der Waals surface area contributed by atoms with Gasteiger partial charge in [-0.3, -0.25) is 14.9 Å². The van der Waals surface area contributed by atoms with Crippen molar-refractivity contribution in [3.8, 4) is 0 Å². The number of hydrogen-bond acceptors (Lipinski definition) is 4. The van der Waals surface area contributed by atoms with Crippen molar-refractivity contribution >= 4 is 11.7 Å². The van der Waals surface area contributed by atoms with Gasteiger partial charge in [0.1, 0.15) is 0 Å². The topological polar surface area (TPSA) is 96.7 Å². The third kappa shape index (κ3) is 3.38. The average Bonchev–Trinajstić information content (AvgIpc) is 2.86. The van der Waals surface area contributed by atoms with Crippen LogP contribution in [-0.4, -0.2) is 21.1 Å². The number of aryl methyl sites for hydroxylation is 1. The van der Waals surface area contributed by atoms with Gasteiger partial charge in [-0.05, 0) is 18.6 Å². The first-order valence-corrected chi connectivity index (χ1v) is 6.23. The molecule has 4 N–H and O–H groups in total. The molecule has 1 amide bonds. The van der Waals surface area contributed by atoms with Crippen molar-refractivity contribution < 1.29 is 4.79 Å². The van der Waals surface area contributed by atoms with E-state index in [1.807, 2.05) is 6.07 Å². The van der Waals surface area contributed by atoms with Crippen LogP contribution in [0, 0.1) is 0 Å². The van der Waals surface area contributed by atoms with Crippen molar-refractivity contribution in [3.63, 3.8) is 0 Å². The fourth-order valence-corrected chi connectivity index (χ4v) is 1.74. The molecule has 6 nitrogen and oxygen atoms in total. The van der Waals surface area contributed by atoms with Gasteiger partial charge in [0, 0.05) is 30.1 Å². The summed E-state index contributed by atoms with van der Waals surface area (Å²) in [5, 5.41) is 9.67. The van der Waals surface area contributed by atoms with Crippen LogP contribution in [0.2, 0.25) is 0 Å². The number of carbonyl (C=O) groups excluding carboxylic acids is 1. The minimum absolute atomic E-state index is 0.216. The predicted octanol–water partition coefficient (Wildman–Crippen LogP) is 1.47. The molecule has 2 aromatic rings. The highest BCUT2D eigenvalue weighted by molar-refractivity contribution is 6.03. The maximum atomic E-state index is 12.0. The van der Waals surface area contributed by atoms with Crippen molar-refractivity contribution in [2.75, 3.05) is 5.32 Å². The van der Waals surface area contributed by atoms with Crippen LogP contribution in [0.1, 0.15) is 35.1 Å². The van der Waals surface area contributed by atoms with Gasteiger partial charge in [-0.15, -0.1) is 0 Å². The van der Waals surface area contributed by atoms with Crippen LogP contribution in [0.3, 0.4) is 0 Å². The Balaban J connectivity index is 2.06. The monoisotopic (exact) mass is 259 g/mol. The Morgan fingerprint density at radius 2 is 2.32 bits per heavy atom. The minimum atomic E-state index is -0.216. The number of pyridine rings is 1. The van der Waals surface area contributed by atoms with Crippen LogP contribution in [-0.2, 0) is 13.0 Å². The molecule has 0 saturated carbocycles. The van der Waals surface area contributed by atoms with Gasteiger partial charge in [0.25, 0.3) is 5.91 Å². The van der Waals surface area contributed by atoms with Gasteiger partial charge in [-0.1, -0.05) is 13.3 Å². The second kappa shape index (κ2) is 6.10. The number of carbonyl (C=O) groups is 1. The van der Waals surface area contributed by atoms with Gasteiger partial charge in [0.05, 0.1) is 5.69 Å². The van der Waals surface area contributed by atoms with Gasteiger partial charge >= 0.3 is 0 Å². The zero-order valence-corrected chi connectivity index (χ0v) is 10.8. The highest BCUT2D eigenvalue weighted by Crippen LogP contribution is 2.10. The average molecular weight is 259 g/mol. The van der Waals surface area contributed by atoms with Crippen LogP contribution >= 0.6 is 0 Å². The van der Waals surface area contributed by atoms with Crippen LogP contribution < -0.4 is 11.1 Å². The second-order valence-corrected chi connectivity index (χ2v) is 4.22. The van der Waals surface area contributed by atoms with Crippen molar-refractivity contribution in [1.82, 2.24) is 15.2 Å². The summed E-state index contributed by atoms with van der Waals surface area (Å²) in [6, 6.07) is 5.16. The molecule has 0 radical (unpaired) electrons. The zero-order chi connectivity index (χ0) is 13.7. The van der Waals surface area contributed by atoms with E-state index in [0.717, 1.165) is 18.5 Å². The summed E-state index contributed by atoms with van der Waals surface area (Å²) >= 11 is 0. The number of hydrogen-bond donors (Lipinski definition) is 3. The molecule has 100 valence electrons. The first-order chi connectivity index (χ1) is 9.22. The fourth-order valence-electron chi connectivity index (χ4n) is 1.74. The van der Waals surface area contributed by atoms with Crippen LogP contribution in [0.5, 0.6) is 0 Å². The molecule has 6 heteroatoms. The van der Waals surface area contributed by atoms with Gasteiger partial charge in [-0.2, -0.15) is 5.10 Å². The molecule has 2 rings (SSSR count). The molecule has 0 bridgehead atoms. The maximum Gasteiger partial charge on any atom is 0.256 e. The fraction of sp³-hybridized carbons (Fsp3) is 0.308. The Bertz CT molecular complexity index is 564. The summed E-state index contributed by atoms with van der Waals surface area (Å²) in [7, 11) is 0. The maximum absolute atomic E-state index is 12.0. The predicted molar refractivity (Wildman–Crippen MR) is 72.7 cm³/mol. The number of nitrogens with two attached hydrogens (primary N) is 1. The van der Waals surface area contributed by atoms with E-state index in [0.29, 0.717) is 23.6 Å². The van der Waals surface area contributed by atoms with Gasteiger partial charge in [0.15, 0.2) is 5.82 Å². The Labute approximate surface area is 111 Å². The first-order valence-electron chi connectivity index (χ1n) is 6.23. The van der Waals surface area contributed by atoms with Gasteiger partial charge in [0.2, 0.25) is 0 Å². The lowest BCUT2D eigenvalue weighted by atomic mass is 10.2. The lowest BCUT2D eigenvalue weighted by molar-refractivity contribution is 0.102. The minimum Gasteiger partial charge on any atom is -0.325 e. The highest BCUT2D eigenvalue weighted by atomic mass is 16.1. The molecular weight excluding hydrogens is 242 g/mol. The van der Waals surface area contributed by atoms with E-state index in [2.05, 4.69) is 27.4 Å². The third-order valence-electron chi connectivity index (χ3n) is 2.68. The summed E-state index contributed by atoms with van der Waals surface area (Å²) in [6.45, 7) is 2.40. The van der Waals surface area contributed by atoms with E-state index in [9.17, 15) is 4.79 Å². The Hall–Kier alpha value is -2.21. The lowest BCUT2D eigenvalue weighted by Crippen LogP contribution is -2.13. The standard InChI is InChI=1S/C13H17N5O/c1-2-3-10-7-12(18-17-10)16-13(19)9-4-5-15-11(6-9)8-14/h4-7H,2-3,8,14H2,1H3,(H2,16,17,18,19). The quantitative estimate of drug-likeness (QED) is 0.757. The van der Waals surface area contributed by atoms with E-state index < -0.39 is 0 Å². The molecule has 0 spiro atoms. The number of aromatic amines is 1. The van der Waals surface area contributed by atoms with Crippen molar-refractivity contribution in [2.24, 2.45) is 5.73 Å². The van der Waals surface area contributed by atoms with E-state index in [1.54, 1.807) is 18.3 Å². The van der Waals surface area contributed by atoms with Crippen LogP contribution in [0.15, 0.2) is 24.4 Å². The first kappa shape index (κ1) is 13.2. The molecule has 0 aliphatic carbocycles. The smallest absolute Gasteiger partial charge is 0.256 e. The molecule has 0 aliphatic rings. The summed E-state index contributed by atoms with van der Waals surface area (Å²) in [6.07, 6.45) is 3.51. The SMILES string of the molecule is CCCc1cc(NC(=O)c2ccnc(CN)c2)n[nH]1. The summed E-state index contributed by atoms with van der Waals surface area (Å²) in [5.41, 5.74) is 7.71. The third-order valence-corrected chi connectivity index (χ3v) is 2.68. The summed E-state index contributed by atoms with van der Waals surface area (Å²) in [5.74, 6) is 0.311. The largest absolute Gasteiger partial charge is 0.325 e. The van der Waals surface area contributed by atoms with E-state index >= 15 is 0 Å². The number of rotatable bonds is 5. The number of anilines is 1. The molecule has 19 heavy (non-hydrogen) atoms. The number of H-pyrrole nitrogens is 1. The number of aromatic nitrogens is 3. The lowest BCUT2D eigenvalue weighted by Gasteiger charge is -2.03. The normalized spacial score (nSPS) is 10.4. The second-order valence-electron chi connectivity index (χ2n) is 4.22. The molecule has 2 heterocycles. The molecule has 0 aromatic carbocycles. The Kier molecular flexibility index (Phi) is 4.25. The molecule has 0 fully saturated rings. The van der Waals surface area contributed by atoms with Crippen molar-refractivity contribution in [3.05, 3.63) is 41.3 Å². The van der Waals surface area contributed by atoms with Gasteiger partial charge in [-0.25, -0.2) is 0 Å². The summed E-state index contributed by atoms with van der Waals surface area (Å²) in [4.78, 5) is 16.1. The molecule has 0 saturated heterocycles. The number of nitrogens with one attached hydrogen (secondary N) is 2. The molecular formula is C13H17N5O. The molecule has 0 unspecified atom stereocenters. The molecule has 0 atom stereocenters. The molecule has 2 aromatic heterocycles.